The molecule has 0 aliphatic rings. The van der Waals surface area contributed by atoms with E-state index in [1.54, 1.807) is 6.20 Å². The Balaban J connectivity index is 1.81. The standard InChI is InChI=1S/C17H16BrN5/c1-11-5-3-4-6-14(11)21-17-22-16(10-19-23-17)20-15-8-7-13(18)9-12(15)2/h3-10H,1-2H3,(H2,20,21,22,23). The molecule has 3 aromatic rings. The van der Waals surface area contributed by atoms with Gasteiger partial charge in [-0.2, -0.15) is 10.1 Å². The second kappa shape index (κ2) is 6.75. The van der Waals surface area contributed by atoms with Gasteiger partial charge in [0.2, 0.25) is 5.95 Å². The molecule has 23 heavy (non-hydrogen) atoms. The fourth-order valence-electron chi connectivity index (χ4n) is 2.16. The van der Waals surface area contributed by atoms with Crippen molar-refractivity contribution < 1.29 is 0 Å². The van der Waals surface area contributed by atoms with Gasteiger partial charge in [-0.3, -0.25) is 0 Å². The van der Waals surface area contributed by atoms with Crippen LogP contribution in [0, 0.1) is 13.8 Å². The Labute approximate surface area is 143 Å². The molecule has 0 amide bonds. The lowest BCUT2D eigenvalue weighted by molar-refractivity contribution is 0.981. The third kappa shape index (κ3) is 3.84. The van der Waals surface area contributed by atoms with Crippen LogP contribution < -0.4 is 10.6 Å². The van der Waals surface area contributed by atoms with Crippen molar-refractivity contribution in [2.75, 3.05) is 10.6 Å². The van der Waals surface area contributed by atoms with Crippen molar-refractivity contribution in [3.05, 3.63) is 64.3 Å². The molecule has 2 N–H and O–H groups in total. The summed E-state index contributed by atoms with van der Waals surface area (Å²) in [5, 5.41) is 14.5. The molecule has 0 bridgehead atoms. The molecule has 1 heterocycles. The molecular weight excluding hydrogens is 354 g/mol. The van der Waals surface area contributed by atoms with Crippen molar-refractivity contribution in [2.45, 2.75) is 13.8 Å². The fraction of sp³-hybridized carbons (Fsp3) is 0.118. The van der Waals surface area contributed by atoms with Crippen molar-refractivity contribution >= 4 is 39.1 Å². The lowest BCUT2D eigenvalue weighted by Gasteiger charge is -2.11. The molecule has 0 aliphatic carbocycles. The lowest BCUT2D eigenvalue weighted by atomic mass is 10.2. The van der Waals surface area contributed by atoms with Crippen LogP contribution in [-0.4, -0.2) is 15.2 Å². The van der Waals surface area contributed by atoms with E-state index >= 15 is 0 Å². The highest BCUT2D eigenvalue weighted by Gasteiger charge is 2.05. The van der Waals surface area contributed by atoms with E-state index in [2.05, 4.69) is 41.7 Å². The lowest BCUT2D eigenvalue weighted by Crippen LogP contribution is -2.03. The Morgan fingerprint density at radius 3 is 2.48 bits per heavy atom. The Bertz CT molecular complexity index is 835. The summed E-state index contributed by atoms with van der Waals surface area (Å²) in [6, 6.07) is 14.0. The summed E-state index contributed by atoms with van der Waals surface area (Å²) in [6.07, 6.45) is 1.60. The average Bonchev–Trinajstić information content (AvgIpc) is 2.53. The normalized spacial score (nSPS) is 10.4. The Hall–Kier alpha value is -2.47. The third-order valence-electron chi connectivity index (χ3n) is 3.40. The third-order valence-corrected chi connectivity index (χ3v) is 3.89. The predicted molar refractivity (Wildman–Crippen MR) is 96.5 cm³/mol. The number of para-hydroxylation sites is 1. The van der Waals surface area contributed by atoms with E-state index in [4.69, 9.17) is 0 Å². The van der Waals surface area contributed by atoms with Gasteiger partial charge in [-0.1, -0.05) is 34.1 Å². The molecule has 0 aliphatic heterocycles. The van der Waals surface area contributed by atoms with Crippen LogP contribution in [-0.2, 0) is 0 Å². The van der Waals surface area contributed by atoms with Gasteiger partial charge in [0.15, 0.2) is 5.82 Å². The summed E-state index contributed by atoms with van der Waals surface area (Å²) < 4.78 is 1.04. The van der Waals surface area contributed by atoms with E-state index in [-0.39, 0.29) is 0 Å². The van der Waals surface area contributed by atoms with Crippen molar-refractivity contribution in [3.63, 3.8) is 0 Å². The predicted octanol–water partition coefficient (Wildman–Crippen LogP) is 4.74. The van der Waals surface area contributed by atoms with E-state index < -0.39 is 0 Å². The number of rotatable bonds is 4. The van der Waals surface area contributed by atoms with Gasteiger partial charge in [0.05, 0.1) is 6.20 Å². The first-order chi connectivity index (χ1) is 11.1. The van der Waals surface area contributed by atoms with Gasteiger partial charge >= 0.3 is 0 Å². The van der Waals surface area contributed by atoms with Gasteiger partial charge in [0.25, 0.3) is 0 Å². The van der Waals surface area contributed by atoms with Crippen LogP contribution in [0.25, 0.3) is 0 Å². The largest absolute Gasteiger partial charge is 0.339 e. The second-order valence-electron chi connectivity index (χ2n) is 5.19. The van der Waals surface area contributed by atoms with Crippen LogP contribution >= 0.6 is 15.9 Å². The second-order valence-corrected chi connectivity index (χ2v) is 6.11. The minimum Gasteiger partial charge on any atom is -0.339 e. The fourth-order valence-corrected chi connectivity index (χ4v) is 2.63. The number of hydrogen-bond acceptors (Lipinski definition) is 5. The van der Waals surface area contributed by atoms with Crippen LogP contribution in [0.15, 0.2) is 53.1 Å². The number of nitrogens with one attached hydrogen (secondary N) is 2. The number of anilines is 4. The molecule has 0 unspecified atom stereocenters. The van der Waals surface area contributed by atoms with Crippen LogP contribution in [0.5, 0.6) is 0 Å². The van der Waals surface area contributed by atoms with E-state index in [0.29, 0.717) is 11.8 Å². The first kappa shape index (κ1) is 15.4. The number of benzene rings is 2. The zero-order valence-corrected chi connectivity index (χ0v) is 14.4. The highest BCUT2D eigenvalue weighted by Crippen LogP contribution is 2.23. The molecule has 1 aromatic heterocycles. The smallest absolute Gasteiger partial charge is 0.249 e. The monoisotopic (exact) mass is 369 g/mol. The van der Waals surface area contributed by atoms with Crippen molar-refractivity contribution in [2.24, 2.45) is 0 Å². The number of halogens is 1. The van der Waals surface area contributed by atoms with Crippen LogP contribution in [0.4, 0.5) is 23.1 Å². The molecule has 0 atom stereocenters. The van der Waals surface area contributed by atoms with Gasteiger partial charge in [0, 0.05) is 15.8 Å². The SMILES string of the molecule is Cc1cc(Br)ccc1Nc1cnnc(Nc2ccccc2C)n1. The first-order valence-corrected chi connectivity index (χ1v) is 7.97. The zero-order valence-electron chi connectivity index (χ0n) is 12.8. The summed E-state index contributed by atoms with van der Waals surface area (Å²) in [6.45, 7) is 4.07. The molecule has 0 fully saturated rings. The Morgan fingerprint density at radius 1 is 0.913 bits per heavy atom. The maximum absolute atomic E-state index is 4.46. The molecule has 0 saturated heterocycles. The van der Waals surface area contributed by atoms with Crippen molar-refractivity contribution in [1.29, 1.82) is 0 Å². The summed E-state index contributed by atoms with van der Waals surface area (Å²) in [4.78, 5) is 4.46. The quantitative estimate of drug-likeness (QED) is 0.695. The molecule has 3 rings (SSSR count). The van der Waals surface area contributed by atoms with Crippen LogP contribution in [0.1, 0.15) is 11.1 Å². The van der Waals surface area contributed by atoms with Crippen LogP contribution in [0.2, 0.25) is 0 Å². The Kier molecular flexibility index (Phi) is 4.52. The number of aryl methyl sites for hydroxylation is 2. The maximum Gasteiger partial charge on any atom is 0.249 e. The van der Waals surface area contributed by atoms with Gasteiger partial charge in [-0.25, -0.2) is 0 Å². The molecule has 116 valence electrons. The first-order valence-electron chi connectivity index (χ1n) is 7.17. The molecule has 2 aromatic carbocycles. The summed E-state index contributed by atoms with van der Waals surface area (Å²) >= 11 is 3.46. The minimum absolute atomic E-state index is 0.457. The number of aromatic nitrogens is 3. The highest BCUT2D eigenvalue weighted by molar-refractivity contribution is 9.10. The average molecular weight is 370 g/mol. The van der Waals surface area contributed by atoms with Gasteiger partial charge in [-0.15, -0.1) is 5.10 Å². The van der Waals surface area contributed by atoms with Gasteiger partial charge in [0.1, 0.15) is 0 Å². The molecule has 0 radical (unpaired) electrons. The molecule has 5 nitrogen and oxygen atoms in total. The van der Waals surface area contributed by atoms with E-state index in [1.165, 1.54) is 0 Å². The molecule has 0 saturated carbocycles. The molecule has 0 spiro atoms. The maximum atomic E-state index is 4.46. The van der Waals surface area contributed by atoms with E-state index in [0.717, 1.165) is 27.0 Å². The zero-order chi connectivity index (χ0) is 16.2. The van der Waals surface area contributed by atoms with E-state index in [1.807, 2.05) is 56.3 Å². The van der Waals surface area contributed by atoms with Gasteiger partial charge in [-0.05, 0) is 49.2 Å². The Morgan fingerprint density at radius 2 is 1.70 bits per heavy atom. The summed E-state index contributed by atoms with van der Waals surface area (Å²) in [5.74, 6) is 1.10. The molecular formula is C17H16BrN5. The van der Waals surface area contributed by atoms with Crippen molar-refractivity contribution in [1.82, 2.24) is 15.2 Å². The number of nitrogens with zero attached hydrogens (tertiary/aromatic N) is 3. The summed E-state index contributed by atoms with van der Waals surface area (Å²) in [7, 11) is 0. The minimum atomic E-state index is 0.457. The van der Waals surface area contributed by atoms with Crippen molar-refractivity contribution in [3.8, 4) is 0 Å². The number of hydrogen-bond donors (Lipinski definition) is 2. The molecule has 6 heteroatoms. The topological polar surface area (TPSA) is 62.7 Å². The van der Waals surface area contributed by atoms with Gasteiger partial charge < -0.3 is 10.6 Å². The van der Waals surface area contributed by atoms with E-state index in [9.17, 15) is 0 Å². The van der Waals surface area contributed by atoms with Crippen LogP contribution in [0.3, 0.4) is 0 Å². The highest BCUT2D eigenvalue weighted by atomic mass is 79.9. The summed E-state index contributed by atoms with van der Waals surface area (Å²) in [5.41, 5.74) is 4.19.